The quantitative estimate of drug-likeness (QED) is 0.410. The fraction of sp³-hybridized carbons (Fsp3) is 0.500. The lowest BCUT2D eigenvalue weighted by molar-refractivity contribution is 0.109. The minimum absolute atomic E-state index is 0.588. The molecule has 0 atom stereocenters. The molecule has 16 heavy (non-hydrogen) atoms. The standard InChI is InChI=1S/C12H17BO2S/c1-2-3-4-5-6-11-9(7-14)10(8-15)12(13)16-11/h7-8H,2-6,13H2,1H3. The monoisotopic (exact) mass is 236 g/mol. The molecule has 0 aromatic carbocycles. The molecule has 86 valence electrons. The summed E-state index contributed by atoms with van der Waals surface area (Å²) in [6.45, 7) is 2.18. The second kappa shape index (κ2) is 6.64. The minimum atomic E-state index is 0.588. The van der Waals surface area contributed by atoms with Gasteiger partial charge in [0.25, 0.3) is 0 Å². The van der Waals surface area contributed by atoms with E-state index in [2.05, 4.69) is 6.92 Å². The third kappa shape index (κ3) is 3.05. The Morgan fingerprint density at radius 1 is 1.12 bits per heavy atom. The highest BCUT2D eigenvalue weighted by molar-refractivity contribution is 7.20. The zero-order valence-corrected chi connectivity index (χ0v) is 10.7. The molecule has 2 nitrogen and oxygen atoms in total. The Morgan fingerprint density at radius 3 is 2.38 bits per heavy atom. The highest BCUT2D eigenvalue weighted by Gasteiger charge is 2.13. The molecule has 0 saturated heterocycles. The van der Waals surface area contributed by atoms with Crippen molar-refractivity contribution in [1.29, 1.82) is 0 Å². The summed E-state index contributed by atoms with van der Waals surface area (Å²) in [5.74, 6) is 0. The van der Waals surface area contributed by atoms with Gasteiger partial charge in [-0.25, -0.2) is 0 Å². The zero-order valence-electron chi connectivity index (χ0n) is 9.91. The molecule has 0 fully saturated rings. The Bertz CT molecular complexity index is 371. The summed E-state index contributed by atoms with van der Waals surface area (Å²) < 4.78 is 0.961. The lowest BCUT2D eigenvalue weighted by atomic mass is 9.99. The van der Waals surface area contributed by atoms with Crippen LogP contribution in [0, 0.1) is 0 Å². The summed E-state index contributed by atoms with van der Waals surface area (Å²) >= 11 is 1.59. The van der Waals surface area contributed by atoms with Crippen LogP contribution in [0.2, 0.25) is 0 Å². The van der Waals surface area contributed by atoms with Crippen molar-refractivity contribution in [3.8, 4) is 0 Å². The Kier molecular flexibility index (Phi) is 5.46. The largest absolute Gasteiger partial charge is 0.298 e. The molecular formula is C12H17BO2S. The second-order valence-electron chi connectivity index (χ2n) is 3.96. The van der Waals surface area contributed by atoms with Crippen molar-refractivity contribution < 1.29 is 9.59 Å². The van der Waals surface area contributed by atoms with Gasteiger partial charge in [0.2, 0.25) is 0 Å². The molecule has 0 aliphatic carbocycles. The van der Waals surface area contributed by atoms with E-state index >= 15 is 0 Å². The maximum Gasteiger partial charge on any atom is 0.153 e. The number of thiophene rings is 1. The highest BCUT2D eigenvalue weighted by atomic mass is 32.1. The summed E-state index contributed by atoms with van der Waals surface area (Å²) in [5, 5.41) is 0. The van der Waals surface area contributed by atoms with Gasteiger partial charge in [-0.2, -0.15) is 11.3 Å². The van der Waals surface area contributed by atoms with Crippen LogP contribution in [0.5, 0.6) is 0 Å². The van der Waals surface area contributed by atoms with Crippen LogP contribution < -0.4 is 4.78 Å². The third-order valence-electron chi connectivity index (χ3n) is 2.74. The van der Waals surface area contributed by atoms with Crippen LogP contribution in [0.4, 0.5) is 0 Å². The summed E-state index contributed by atoms with van der Waals surface area (Å²) in [6, 6.07) is 0. The van der Waals surface area contributed by atoms with E-state index in [0.717, 1.165) is 35.1 Å². The predicted octanol–water partition coefficient (Wildman–Crippen LogP) is 1.75. The molecule has 1 aromatic rings. The minimum Gasteiger partial charge on any atom is -0.298 e. The lowest BCUT2D eigenvalue weighted by Gasteiger charge is -1.99. The Balaban J connectivity index is 2.72. The van der Waals surface area contributed by atoms with Crippen LogP contribution in [-0.2, 0) is 6.42 Å². The molecule has 0 unspecified atom stereocenters. The van der Waals surface area contributed by atoms with Crippen molar-refractivity contribution in [1.82, 2.24) is 0 Å². The van der Waals surface area contributed by atoms with Crippen molar-refractivity contribution in [2.75, 3.05) is 0 Å². The van der Waals surface area contributed by atoms with E-state index in [-0.39, 0.29) is 0 Å². The van der Waals surface area contributed by atoms with Gasteiger partial charge in [0.05, 0.1) is 0 Å². The predicted molar refractivity (Wildman–Crippen MR) is 71.1 cm³/mol. The molecule has 0 N–H and O–H groups in total. The number of hydrogen-bond acceptors (Lipinski definition) is 3. The number of rotatable bonds is 7. The molecule has 0 spiro atoms. The first kappa shape index (κ1) is 13.2. The normalized spacial score (nSPS) is 10.3. The number of carbonyl (C=O) groups excluding carboxylic acids is 2. The van der Waals surface area contributed by atoms with Gasteiger partial charge in [0.1, 0.15) is 0 Å². The molecule has 1 aromatic heterocycles. The number of hydrogen-bond donors (Lipinski definition) is 0. The van der Waals surface area contributed by atoms with E-state index in [0.29, 0.717) is 11.1 Å². The van der Waals surface area contributed by atoms with Crippen molar-refractivity contribution in [3.05, 3.63) is 16.0 Å². The first-order valence-electron chi connectivity index (χ1n) is 5.77. The molecule has 1 heterocycles. The number of aldehydes is 2. The van der Waals surface area contributed by atoms with Crippen LogP contribution in [0.1, 0.15) is 58.2 Å². The summed E-state index contributed by atoms with van der Waals surface area (Å²) in [6.07, 6.45) is 7.29. The highest BCUT2D eigenvalue weighted by Crippen LogP contribution is 2.19. The molecule has 0 aliphatic rings. The van der Waals surface area contributed by atoms with Gasteiger partial charge in [-0.15, -0.1) is 0 Å². The van der Waals surface area contributed by atoms with Crippen LogP contribution in [0.3, 0.4) is 0 Å². The van der Waals surface area contributed by atoms with Gasteiger partial charge in [0, 0.05) is 16.0 Å². The molecule has 0 bridgehead atoms. The zero-order chi connectivity index (χ0) is 12.0. The van der Waals surface area contributed by atoms with Crippen LogP contribution >= 0.6 is 11.3 Å². The van der Waals surface area contributed by atoms with E-state index in [1.54, 1.807) is 11.3 Å². The van der Waals surface area contributed by atoms with E-state index in [4.69, 9.17) is 0 Å². The van der Waals surface area contributed by atoms with Gasteiger partial charge >= 0.3 is 0 Å². The van der Waals surface area contributed by atoms with Gasteiger partial charge in [-0.3, -0.25) is 9.59 Å². The van der Waals surface area contributed by atoms with Crippen molar-refractivity contribution >= 4 is 36.5 Å². The Labute approximate surface area is 101 Å². The SMILES string of the molecule is Bc1sc(CCCCCC)c(C=O)c1C=O. The topological polar surface area (TPSA) is 34.1 Å². The molecule has 0 amide bonds. The molecule has 0 saturated carbocycles. The average Bonchev–Trinajstić information content (AvgIpc) is 2.60. The van der Waals surface area contributed by atoms with Gasteiger partial charge < -0.3 is 0 Å². The summed E-state index contributed by atoms with van der Waals surface area (Å²) in [5.41, 5.74) is 1.21. The fourth-order valence-electron chi connectivity index (χ4n) is 1.81. The van der Waals surface area contributed by atoms with Gasteiger partial charge in [0.15, 0.2) is 20.4 Å². The van der Waals surface area contributed by atoms with Crippen molar-refractivity contribution in [2.24, 2.45) is 0 Å². The van der Waals surface area contributed by atoms with E-state index in [1.807, 2.05) is 7.85 Å². The molecular weight excluding hydrogens is 219 g/mol. The van der Waals surface area contributed by atoms with E-state index in [1.165, 1.54) is 19.3 Å². The van der Waals surface area contributed by atoms with E-state index in [9.17, 15) is 9.59 Å². The number of carbonyl (C=O) groups is 2. The second-order valence-corrected chi connectivity index (χ2v) is 5.26. The fourth-order valence-corrected chi connectivity index (χ4v) is 2.96. The number of aryl methyl sites for hydroxylation is 1. The first-order valence-corrected chi connectivity index (χ1v) is 6.58. The maximum atomic E-state index is 11.0. The van der Waals surface area contributed by atoms with Crippen LogP contribution in [0.15, 0.2) is 0 Å². The number of unbranched alkanes of at least 4 members (excludes halogenated alkanes) is 3. The third-order valence-corrected chi connectivity index (χ3v) is 3.94. The van der Waals surface area contributed by atoms with Gasteiger partial charge in [-0.1, -0.05) is 26.2 Å². The Morgan fingerprint density at radius 2 is 1.81 bits per heavy atom. The molecule has 1 rings (SSSR count). The average molecular weight is 236 g/mol. The first-order chi connectivity index (χ1) is 7.74. The smallest absolute Gasteiger partial charge is 0.153 e. The molecule has 0 radical (unpaired) electrons. The van der Waals surface area contributed by atoms with Crippen molar-refractivity contribution in [2.45, 2.75) is 39.0 Å². The lowest BCUT2D eigenvalue weighted by Crippen LogP contribution is -2.03. The van der Waals surface area contributed by atoms with Crippen LogP contribution in [-0.4, -0.2) is 20.4 Å². The molecule has 0 aliphatic heterocycles. The van der Waals surface area contributed by atoms with Gasteiger partial charge in [-0.05, 0) is 17.6 Å². The van der Waals surface area contributed by atoms with Crippen LogP contribution in [0.25, 0.3) is 0 Å². The summed E-state index contributed by atoms with van der Waals surface area (Å²) in [7, 11) is 1.90. The molecule has 4 heteroatoms. The Hall–Kier alpha value is -0.895. The maximum absolute atomic E-state index is 11.0. The van der Waals surface area contributed by atoms with Crippen molar-refractivity contribution in [3.63, 3.8) is 0 Å². The summed E-state index contributed by atoms with van der Waals surface area (Å²) in [4.78, 5) is 22.9. The van der Waals surface area contributed by atoms with E-state index < -0.39 is 0 Å².